The summed E-state index contributed by atoms with van der Waals surface area (Å²) in [5.41, 5.74) is 0. The molecule has 0 amide bonds. The Labute approximate surface area is 132 Å². The second kappa shape index (κ2) is 6.28. The van der Waals surface area contributed by atoms with Crippen LogP contribution in [0.4, 0.5) is 43.9 Å². The molecule has 2 aromatic rings. The molecule has 121 valence electrons. The van der Waals surface area contributed by atoms with Crippen LogP contribution in [-0.2, 0) is 0 Å². The monoisotopic (exact) mass is 539 g/mol. The van der Waals surface area contributed by atoms with Crippen molar-refractivity contribution in [3.05, 3.63) is 58.2 Å². The van der Waals surface area contributed by atoms with Crippen LogP contribution in [0, 0.1) is 58.2 Å². The van der Waals surface area contributed by atoms with Crippen LogP contribution < -0.4 is 6.25 Å². The van der Waals surface area contributed by atoms with E-state index in [0.29, 0.717) is 0 Å². The first-order valence-corrected chi connectivity index (χ1v) is 9.96. The average molecular weight is 538 g/mol. The minimum atomic E-state index is -4.02. The van der Waals surface area contributed by atoms with Crippen molar-refractivity contribution in [2.24, 2.45) is 0 Å². The van der Waals surface area contributed by atoms with Crippen molar-refractivity contribution in [3.8, 4) is 0 Å². The fourth-order valence-electron chi connectivity index (χ4n) is 1.64. The van der Waals surface area contributed by atoms with Crippen LogP contribution in [0.25, 0.3) is 0 Å². The molecule has 11 heteroatoms. The molecule has 0 aliphatic heterocycles. The minimum absolute atomic E-state index is 1.52. The Morgan fingerprint density at radius 3 is 0.696 bits per heavy atom. The molecule has 0 aromatic heterocycles. The number of halogens is 10. The zero-order valence-electron chi connectivity index (χ0n) is 10.4. The molecule has 0 saturated heterocycles. The third-order valence-electron chi connectivity index (χ3n) is 2.78. The molecule has 2 rings (SSSR count). The van der Waals surface area contributed by atoms with E-state index in [0.717, 1.165) is 0 Å². The van der Waals surface area contributed by atoms with E-state index in [4.69, 9.17) is 0 Å². The van der Waals surface area contributed by atoms with E-state index in [1.807, 2.05) is 0 Å². The summed E-state index contributed by atoms with van der Waals surface area (Å²) in [6.45, 7) is 0. The van der Waals surface area contributed by atoms with E-state index >= 15 is 0 Å². The molecule has 0 saturated carbocycles. The molecular formula is C12F10Tl. The molecule has 2 aromatic carbocycles. The second-order valence-electron chi connectivity index (χ2n) is 4.11. The van der Waals surface area contributed by atoms with E-state index in [9.17, 15) is 43.9 Å². The Balaban J connectivity index is 2.71. The Bertz CT molecular complexity index is 691. The van der Waals surface area contributed by atoms with Gasteiger partial charge in [0.25, 0.3) is 0 Å². The third kappa shape index (κ3) is 2.80. The van der Waals surface area contributed by atoms with Gasteiger partial charge >= 0.3 is 133 Å². The van der Waals surface area contributed by atoms with E-state index < -0.39 is 88.7 Å². The predicted molar refractivity (Wildman–Crippen MR) is 57.5 cm³/mol. The molecule has 0 nitrogen and oxygen atoms in total. The topological polar surface area (TPSA) is 0 Å². The maximum absolute atomic E-state index is 13.5. The molecule has 0 aliphatic rings. The van der Waals surface area contributed by atoms with Crippen LogP contribution in [0.2, 0.25) is 0 Å². The van der Waals surface area contributed by atoms with Gasteiger partial charge in [-0.05, 0) is 0 Å². The molecular weight excluding hydrogens is 538 g/mol. The van der Waals surface area contributed by atoms with Crippen LogP contribution in [0.1, 0.15) is 0 Å². The van der Waals surface area contributed by atoms with Gasteiger partial charge in [-0.25, -0.2) is 0 Å². The predicted octanol–water partition coefficient (Wildman–Crippen LogP) is 2.73. The molecule has 0 bridgehead atoms. The molecule has 0 atom stereocenters. The van der Waals surface area contributed by atoms with E-state index in [1.165, 1.54) is 0 Å². The van der Waals surface area contributed by atoms with Gasteiger partial charge < -0.3 is 0 Å². The zero-order valence-corrected chi connectivity index (χ0v) is 14.8. The summed E-state index contributed by atoms with van der Waals surface area (Å²) >= 11 is -4.02. The van der Waals surface area contributed by atoms with Crippen molar-refractivity contribution >= 4 is 30.5 Å². The summed E-state index contributed by atoms with van der Waals surface area (Å²) in [4.78, 5) is 0. The van der Waals surface area contributed by atoms with Crippen molar-refractivity contribution in [2.75, 3.05) is 0 Å². The molecule has 0 fully saturated rings. The Hall–Kier alpha value is -1.34. The van der Waals surface area contributed by atoms with Gasteiger partial charge in [0.15, 0.2) is 0 Å². The molecule has 0 spiro atoms. The average Bonchev–Trinajstić information content (AvgIpc) is 2.54. The second-order valence-corrected chi connectivity index (χ2v) is 9.72. The number of hydrogen-bond acceptors (Lipinski definition) is 0. The summed E-state index contributed by atoms with van der Waals surface area (Å²) in [7, 11) is 0. The molecule has 23 heavy (non-hydrogen) atoms. The first kappa shape index (κ1) is 18.0. The Morgan fingerprint density at radius 1 is 0.304 bits per heavy atom. The third-order valence-corrected chi connectivity index (χ3v) is 8.96. The van der Waals surface area contributed by atoms with Crippen LogP contribution >= 0.6 is 0 Å². The summed E-state index contributed by atoms with van der Waals surface area (Å²) in [6, 6.07) is 0. The first-order chi connectivity index (χ1) is 10.6. The van der Waals surface area contributed by atoms with Gasteiger partial charge in [-0.2, -0.15) is 0 Å². The SMILES string of the molecule is Fc1c(F)c(F)[c]([Tl][c]2c(F)c(F)c(F)c(F)c2F)c(F)c1F. The molecule has 0 radical (unpaired) electrons. The van der Waals surface area contributed by atoms with E-state index in [1.54, 1.807) is 0 Å². The fraction of sp³-hybridized carbons (Fsp3) is 0. The van der Waals surface area contributed by atoms with Gasteiger partial charge in [-0.15, -0.1) is 0 Å². The number of rotatable bonds is 2. The van der Waals surface area contributed by atoms with Gasteiger partial charge in [-0.1, -0.05) is 0 Å². The standard InChI is InChI=1S/2C6F5.Tl/c2*7-2-1-3(8)5(10)6(11)4(2)9;. The van der Waals surface area contributed by atoms with Crippen LogP contribution in [0.5, 0.6) is 0 Å². The zero-order chi connectivity index (χ0) is 17.6. The van der Waals surface area contributed by atoms with E-state index in [-0.39, 0.29) is 0 Å². The molecule has 0 unspecified atom stereocenters. The van der Waals surface area contributed by atoms with Crippen molar-refractivity contribution in [3.63, 3.8) is 0 Å². The van der Waals surface area contributed by atoms with Crippen molar-refractivity contribution in [1.82, 2.24) is 0 Å². The van der Waals surface area contributed by atoms with Crippen molar-refractivity contribution in [1.29, 1.82) is 0 Å². The first-order valence-electron chi connectivity index (χ1n) is 5.47. The van der Waals surface area contributed by atoms with Gasteiger partial charge in [0.1, 0.15) is 0 Å². The van der Waals surface area contributed by atoms with Crippen molar-refractivity contribution in [2.45, 2.75) is 0 Å². The van der Waals surface area contributed by atoms with Gasteiger partial charge in [-0.3, -0.25) is 0 Å². The van der Waals surface area contributed by atoms with Crippen molar-refractivity contribution < 1.29 is 43.9 Å². The summed E-state index contributed by atoms with van der Waals surface area (Å²) in [5.74, 6) is -23.8. The summed E-state index contributed by atoms with van der Waals surface area (Å²) in [5, 5.41) is 0. The van der Waals surface area contributed by atoms with Crippen LogP contribution in [-0.4, -0.2) is 24.2 Å². The maximum atomic E-state index is 13.5. The normalized spacial score (nSPS) is 10.9. The Kier molecular flexibility index (Phi) is 4.92. The summed E-state index contributed by atoms with van der Waals surface area (Å²) in [6.07, 6.45) is 0. The Morgan fingerprint density at radius 2 is 0.478 bits per heavy atom. The van der Waals surface area contributed by atoms with Gasteiger partial charge in [0, 0.05) is 0 Å². The van der Waals surface area contributed by atoms with Crippen LogP contribution in [0.3, 0.4) is 0 Å². The molecule has 0 heterocycles. The molecule has 0 N–H and O–H groups in total. The van der Waals surface area contributed by atoms with Crippen LogP contribution in [0.15, 0.2) is 0 Å². The number of benzene rings is 2. The quantitative estimate of drug-likeness (QED) is 0.239. The fourth-order valence-corrected chi connectivity index (χ4v) is 6.70. The number of hydrogen-bond donors (Lipinski definition) is 0. The van der Waals surface area contributed by atoms with Gasteiger partial charge in [0.05, 0.1) is 0 Å². The summed E-state index contributed by atoms with van der Waals surface area (Å²) < 4.78 is 129. The molecule has 0 aliphatic carbocycles. The van der Waals surface area contributed by atoms with Gasteiger partial charge in [0.2, 0.25) is 0 Å². The van der Waals surface area contributed by atoms with E-state index in [2.05, 4.69) is 0 Å².